The standard InChI is InChI=1S/C14H22N2O3/c1-8(2)15-11(18)14-7-6-13(5,12(14,3)4)9(16-19)10(14)17/h8,19H,6-7H2,1-5H3,(H,15,18). The maximum absolute atomic E-state index is 12.6. The molecule has 2 fully saturated rings. The van der Waals surface area contributed by atoms with Gasteiger partial charge in [0.2, 0.25) is 5.91 Å². The number of amides is 1. The van der Waals surface area contributed by atoms with Gasteiger partial charge < -0.3 is 10.5 Å². The molecule has 0 radical (unpaired) electrons. The molecule has 2 bridgehead atoms. The average molecular weight is 266 g/mol. The number of oxime groups is 1. The van der Waals surface area contributed by atoms with Gasteiger partial charge in [-0.25, -0.2) is 0 Å². The molecule has 0 heterocycles. The second kappa shape index (κ2) is 3.81. The topological polar surface area (TPSA) is 78.8 Å². The summed E-state index contributed by atoms with van der Waals surface area (Å²) in [7, 11) is 0. The summed E-state index contributed by atoms with van der Waals surface area (Å²) >= 11 is 0. The first-order valence-corrected chi connectivity index (χ1v) is 6.73. The first-order chi connectivity index (χ1) is 8.65. The van der Waals surface area contributed by atoms with Gasteiger partial charge in [-0.05, 0) is 32.1 Å². The molecule has 2 aliphatic rings. The summed E-state index contributed by atoms with van der Waals surface area (Å²) < 4.78 is 0. The van der Waals surface area contributed by atoms with Crippen molar-refractivity contribution in [3.8, 4) is 0 Å². The van der Waals surface area contributed by atoms with Crippen molar-refractivity contribution >= 4 is 17.4 Å². The van der Waals surface area contributed by atoms with E-state index in [1.165, 1.54) is 0 Å². The fourth-order valence-corrected chi connectivity index (χ4v) is 3.84. The molecule has 2 saturated carbocycles. The molecule has 5 nitrogen and oxygen atoms in total. The normalized spacial score (nSPS) is 38.2. The highest BCUT2D eigenvalue weighted by Gasteiger charge is 2.76. The van der Waals surface area contributed by atoms with E-state index < -0.39 is 16.2 Å². The van der Waals surface area contributed by atoms with E-state index in [4.69, 9.17) is 5.21 Å². The number of hydrogen-bond donors (Lipinski definition) is 2. The lowest BCUT2D eigenvalue weighted by Gasteiger charge is -2.38. The predicted octanol–water partition coefficient (Wildman–Crippen LogP) is 1.74. The van der Waals surface area contributed by atoms with Crippen LogP contribution in [-0.2, 0) is 9.59 Å². The highest BCUT2D eigenvalue weighted by molar-refractivity contribution is 6.50. The Labute approximate surface area is 113 Å². The van der Waals surface area contributed by atoms with Crippen molar-refractivity contribution in [3.63, 3.8) is 0 Å². The lowest BCUT2D eigenvalue weighted by Crippen LogP contribution is -2.52. The number of fused-ring (bicyclic) bond motifs is 2. The number of ketones is 1. The summed E-state index contributed by atoms with van der Waals surface area (Å²) in [5, 5.41) is 15.2. The Balaban J connectivity index is 2.57. The van der Waals surface area contributed by atoms with Crippen LogP contribution in [0.4, 0.5) is 0 Å². The van der Waals surface area contributed by atoms with Crippen LogP contribution in [0.3, 0.4) is 0 Å². The van der Waals surface area contributed by atoms with Crippen molar-refractivity contribution in [2.45, 2.75) is 53.5 Å². The third-order valence-electron chi connectivity index (χ3n) is 5.48. The predicted molar refractivity (Wildman–Crippen MR) is 71.1 cm³/mol. The van der Waals surface area contributed by atoms with E-state index in [9.17, 15) is 9.59 Å². The molecule has 0 aromatic rings. The van der Waals surface area contributed by atoms with Gasteiger partial charge in [0.1, 0.15) is 11.1 Å². The van der Waals surface area contributed by atoms with E-state index >= 15 is 0 Å². The van der Waals surface area contributed by atoms with Crippen LogP contribution in [0.15, 0.2) is 5.16 Å². The fourth-order valence-electron chi connectivity index (χ4n) is 3.84. The first-order valence-electron chi connectivity index (χ1n) is 6.73. The quantitative estimate of drug-likeness (QED) is 0.454. The number of Topliss-reactive ketones (excluding diaryl/α,β-unsaturated/α-hetero) is 1. The lowest BCUT2D eigenvalue weighted by molar-refractivity contribution is -0.144. The molecule has 2 N–H and O–H groups in total. The van der Waals surface area contributed by atoms with Gasteiger partial charge in [-0.1, -0.05) is 25.9 Å². The van der Waals surface area contributed by atoms with Crippen LogP contribution in [0.25, 0.3) is 0 Å². The zero-order chi connectivity index (χ0) is 14.6. The summed E-state index contributed by atoms with van der Waals surface area (Å²) in [5.74, 6) is -0.549. The highest BCUT2D eigenvalue weighted by Crippen LogP contribution is 2.69. The van der Waals surface area contributed by atoms with Crippen molar-refractivity contribution in [1.29, 1.82) is 0 Å². The molecule has 1 amide bonds. The molecular formula is C14H22N2O3. The van der Waals surface area contributed by atoms with Crippen molar-refractivity contribution in [3.05, 3.63) is 0 Å². The van der Waals surface area contributed by atoms with Crippen LogP contribution in [0.5, 0.6) is 0 Å². The van der Waals surface area contributed by atoms with Crippen molar-refractivity contribution in [2.75, 3.05) is 0 Å². The summed E-state index contributed by atoms with van der Waals surface area (Å²) in [6, 6.07) is -0.0209. The van der Waals surface area contributed by atoms with Crippen LogP contribution in [0.1, 0.15) is 47.5 Å². The lowest BCUT2D eigenvalue weighted by atomic mass is 9.64. The number of rotatable bonds is 2. The Morgan fingerprint density at radius 1 is 1.32 bits per heavy atom. The van der Waals surface area contributed by atoms with E-state index in [-0.39, 0.29) is 23.4 Å². The van der Waals surface area contributed by atoms with Gasteiger partial charge in [0, 0.05) is 11.5 Å². The number of nitrogens with one attached hydrogen (secondary N) is 1. The largest absolute Gasteiger partial charge is 0.411 e. The molecule has 0 spiro atoms. The second-order valence-electron chi connectivity index (χ2n) is 6.77. The van der Waals surface area contributed by atoms with E-state index in [0.29, 0.717) is 12.8 Å². The third kappa shape index (κ3) is 1.33. The van der Waals surface area contributed by atoms with E-state index in [0.717, 1.165) is 0 Å². The summed E-state index contributed by atoms with van der Waals surface area (Å²) in [6.07, 6.45) is 1.21. The molecular weight excluding hydrogens is 244 g/mol. The zero-order valence-corrected chi connectivity index (χ0v) is 12.2. The molecule has 0 aromatic heterocycles. The second-order valence-corrected chi connectivity index (χ2v) is 6.77. The number of hydrogen-bond acceptors (Lipinski definition) is 4. The van der Waals surface area contributed by atoms with Gasteiger partial charge in [0.05, 0.1) is 0 Å². The van der Waals surface area contributed by atoms with Crippen molar-refractivity contribution < 1.29 is 14.8 Å². The minimum absolute atomic E-state index is 0.0209. The summed E-state index contributed by atoms with van der Waals surface area (Å²) in [6.45, 7) is 9.51. The maximum atomic E-state index is 12.6. The van der Waals surface area contributed by atoms with Gasteiger partial charge in [0.15, 0.2) is 5.78 Å². The highest BCUT2D eigenvalue weighted by atomic mass is 16.4. The first kappa shape index (κ1) is 14.0. The van der Waals surface area contributed by atoms with Crippen LogP contribution in [-0.4, -0.2) is 28.7 Å². The van der Waals surface area contributed by atoms with E-state index in [2.05, 4.69) is 10.5 Å². The summed E-state index contributed by atoms with van der Waals surface area (Å²) in [4.78, 5) is 25.2. The van der Waals surface area contributed by atoms with Crippen molar-refractivity contribution in [1.82, 2.24) is 5.32 Å². The van der Waals surface area contributed by atoms with Gasteiger partial charge >= 0.3 is 0 Å². The van der Waals surface area contributed by atoms with Crippen LogP contribution in [0.2, 0.25) is 0 Å². The molecule has 0 saturated heterocycles. The van der Waals surface area contributed by atoms with Crippen LogP contribution >= 0.6 is 0 Å². The Morgan fingerprint density at radius 3 is 2.32 bits per heavy atom. The molecule has 5 heteroatoms. The smallest absolute Gasteiger partial charge is 0.234 e. The number of carbonyl (C=O) groups excluding carboxylic acids is 2. The Morgan fingerprint density at radius 2 is 1.89 bits per heavy atom. The van der Waals surface area contributed by atoms with E-state index in [1.54, 1.807) is 0 Å². The van der Waals surface area contributed by atoms with Gasteiger partial charge in [-0.2, -0.15) is 0 Å². The molecule has 0 aliphatic heterocycles. The number of nitrogens with zero attached hydrogens (tertiary/aromatic N) is 1. The van der Waals surface area contributed by atoms with Crippen LogP contribution in [0, 0.1) is 16.2 Å². The molecule has 2 unspecified atom stereocenters. The minimum Gasteiger partial charge on any atom is -0.411 e. The monoisotopic (exact) mass is 266 g/mol. The van der Waals surface area contributed by atoms with Crippen LogP contribution < -0.4 is 5.32 Å². The SMILES string of the molecule is CC(C)NC(=O)C12CCC(C)(C(=NO)C1=O)C2(C)C. The third-order valence-corrected chi connectivity index (χ3v) is 5.48. The van der Waals surface area contributed by atoms with Crippen molar-refractivity contribution in [2.24, 2.45) is 21.4 Å². The minimum atomic E-state index is -1.09. The number of carbonyl (C=O) groups is 2. The molecule has 19 heavy (non-hydrogen) atoms. The molecule has 2 aliphatic carbocycles. The van der Waals surface area contributed by atoms with Gasteiger partial charge in [-0.15, -0.1) is 0 Å². The maximum Gasteiger partial charge on any atom is 0.234 e. The Bertz CT molecular complexity index is 481. The average Bonchev–Trinajstić information content (AvgIpc) is 2.55. The Hall–Kier alpha value is -1.39. The molecule has 0 aromatic carbocycles. The summed E-state index contributed by atoms with van der Waals surface area (Å²) in [5.41, 5.74) is -2.01. The molecule has 2 atom stereocenters. The zero-order valence-electron chi connectivity index (χ0n) is 12.2. The van der Waals surface area contributed by atoms with E-state index in [1.807, 2.05) is 34.6 Å². The Kier molecular flexibility index (Phi) is 2.81. The molecule has 106 valence electrons. The fraction of sp³-hybridized carbons (Fsp3) is 0.786. The van der Waals surface area contributed by atoms with Gasteiger partial charge in [-0.3, -0.25) is 9.59 Å². The van der Waals surface area contributed by atoms with Gasteiger partial charge in [0.25, 0.3) is 0 Å². The molecule has 2 rings (SSSR count).